The average molecular weight is 357 g/mol. The van der Waals surface area contributed by atoms with Gasteiger partial charge in [-0.15, -0.1) is 0 Å². The van der Waals surface area contributed by atoms with Crippen molar-refractivity contribution >= 4 is 11.8 Å². The summed E-state index contributed by atoms with van der Waals surface area (Å²) in [6.45, 7) is 4.76. The van der Waals surface area contributed by atoms with Crippen LogP contribution in [0, 0.1) is 17.8 Å². The number of amides is 2. The summed E-state index contributed by atoms with van der Waals surface area (Å²) >= 11 is 0. The summed E-state index contributed by atoms with van der Waals surface area (Å²) in [5.74, 6) is 1.33. The molecule has 1 unspecified atom stereocenters. The third-order valence-electron chi connectivity index (χ3n) is 5.97. The molecule has 2 amide bonds. The molecule has 3 rings (SSSR count). The Bertz CT molecular complexity index is 593. The second-order valence-electron chi connectivity index (χ2n) is 8.11. The largest absolute Gasteiger partial charge is 0.356 e. The first-order chi connectivity index (χ1) is 12.6. The summed E-state index contributed by atoms with van der Waals surface area (Å²) in [4.78, 5) is 27.2. The van der Waals surface area contributed by atoms with E-state index in [2.05, 4.69) is 29.3 Å². The first-order valence-electron chi connectivity index (χ1n) is 10.2. The third-order valence-corrected chi connectivity index (χ3v) is 5.97. The Balaban J connectivity index is 1.38. The van der Waals surface area contributed by atoms with E-state index in [4.69, 9.17) is 0 Å². The van der Waals surface area contributed by atoms with Crippen LogP contribution < -0.4 is 5.32 Å². The van der Waals surface area contributed by atoms with E-state index in [1.807, 2.05) is 18.2 Å². The summed E-state index contributed by atoms with van der Waals surface area (Å²) in [6.07, 6.45) is 6.65. The first-order valence-corrected chi connectivity index (χ1v) is 10.2. The van der Waals surface area contributed by atoms with Gasteiger partial charge in [-0.3, -0.25) is 9.59 Å². The lowest BCUT2D eigenvalue weighted by atomic mass is 9.80. The number of benzene rings is 1. The van der Waals surface area contributed by atoms with Crippen molar-refractivity contribution in [3.63, 3.8) is 0 Å². The van der Waals surface area contributed by atoms with Gasteiger partial charge in [0.1, 0.15) is 0 Å². The molecule has 2 aliphatic rings. The molecule has 1 aromatic carbocycles. The maximum atomic E-state index is 12.7. The number of rotatable bonds is 5. The summed E-state index contributed by atoms with van der Waals surface area (Å²) in [7, 11) is 0. The number of nitrogens with one attached hydrogen (secondary N) is 1. The number of carbonyl (C=O) groups excluding carboxylic acids is 2. The van der Waals surface area contributed by atoms with Crippen LogP contribution in [0.3, 0.4) is 0 Å². The van der Waals surface area contributed by atoms with E-state index in [1.54, 1.807) is 0 Å². The normalized spacial score (nSPS) is 26.3. The van der Waals surface area contributed by atoms with E-state index < -0.39 is 0 Å². The number of piperidine rings is 1. The van der Waals surface area contributed by atoms with Crippen molar-refractivity contribution in [1.82, 2.24) is 10.2 Å². The SMILES string of the molecule is CC1CCCN(C(=O)C2CCC(C(=O)NCCc3ccccc3)CC2)C1. The Hall–Kier alpha value is -1.84. The Morgan fingerprint density at radius 1 is 1.04 bits per heavy atom. The summed E-state index contributed by atoms with van der Waals surface area (Å²) in [6, 6.07) is 10.2. The molecule has 1 aromatic rings. The number of nitrogens with zero attached hydrogens (tertiary/aromatic N) is 1. The molecule has 0 bridgehead atoms. The van der Waals surface area contributed by atoms with E-state index >= 15 is 0 Å². The maximum absolute atomic E-state index is 12.7. The predicted molar refractivity (Wildman–Crippen MR) is 104 cm³/mol. The highest BCUT2D eigenvalue weighted by Crippen LogP contribution is 2.31. The van der Waals surface area contributed by atoms with E-state index in [0.717, 1.165) is 51.6 Å². The lowest BCUT2D eigenvalue weighted by molar-refractivity contribution is -0.140. The van der Waals surface area contributed by atoms with Crippen molar-refractivity contribution in [2.24, 2.45) is 17.8 Å². The molecule has 4 heteroatoms. The quantitative estimate of drug-likeness (QED) is 0.879. The fourth-order valence-corrected chi connectivity index (χ4v) is 4.37. The Morgan fingerprint density at radius 2 is 1.73 bits per heavy atom. The van der Waals surface area contributed by atoms with Crippen LogP contribution in [-0.2, 0) is 16.0 Å². The van der Waals surface area contributed by atoms with Crippen molar-refractivity contribution in [1.29, 1.82) is 0 Å². The Kier molecular flexibility index (Phi) is 6.70. The van der Waals surface area contributed by atoms with E-state index in [1.165, 1.54) is 12.0 Å². The average Bonchev–Trinajstić information content (AvgIpc) is 2.68. The standard InChI is InChI=1S/C22H32N2O2/c1-17-6-5-15-24(16-17)22(26)20-11-9-19(10-12-20)21(25)23-14-13-18-7-3-2-4-8-18/h2-4,7-8,17,19-20H,5-6,9-16H2,1H3,(H,23,25). The lowest BCUT2D eigenvalue weighted by Gasteiger charge is -2.35. The van der Waals surface area contributed by atoms with Crippen molar-refractivity contribution in [2.75, 3.05) is 19.6 Å². The Morgan fingerprint density at radius 3 is 2.42 bits per heavy atom. The van der Waals surface area contributed by atoms with Crippen LogP contribution in [0.1, 0.15) is 51.0 Å². The van der Waals surface area contributed by atoms with Crippen LogP contribution in [0.25, 0.3) is 0 Å². The van der Waals surface area contributed by atoms with Crippen molar-refractivity contribution in [2.45, 2.75) is 51.9 Å². The van der Waals surface area contributed by atoms with Gasteiger partial charge in [0.15, 0.2) is 0 Å². The summed E-state index contributed by atoms with van der Waals surface area (Å²) < 4.78 is 0. The molecule has 1 aliphatic carbocycles. The highest BCUT2D eigenvalue weighted by molar-refractivity contribution is 5.81. The number of carbonyl (C=O) groups is 2. The number of hydrogen-bond donors (Lipinski definition) is 1. The Labute approximate surface area is 157 Å². The molecule has 1 atom stereocenters. The van der Waals surface area contributed by atoms with E-state index in [0.29, 0.717) is 18.4 Å². The van der Waals surface area contributed by atoms with Gasteiger partial charge >= 0.3 is 0 Å². The van der Waals surface area contributed by atoms with Crippen LogP contribution in [0.4, 0.5) is 0 Å². The zero-order chi connectivity index (χ0) is 18.4. The molecule has 2 fully saturated rings. The predicted octanol–water partition coefficient (Wildman–Crippen LogP) is 3.41. The molecular formula is C22H32N2O2. The van der Waals surface area contributed by atoms with Crippen LogP contribution in [0.2, 0.25) is 0 Å². The van der Waals surface area contributed by atoms with Gasteiger partial charge < -0.3 is 10.2 Å². The molecular weight excluding hydrogens is 324 g/mol. The van der Waals surface area contributed by atoms with Crippen molar-refractivity contribution < 1.29 is 9.59 Å². The maximum Gasteiger partial charge on any atom is 0.225 e. The van der Waals surface area contributed by atoms with Gasteiger partial charge in [-0.2, -0.15) is 0 Å². The third kappa shape index (κ3) is 5.09. The highest BCUT2D eigenvalue weighted by Gasteiger charge is 2.33. The van der Waals surface area contributed by atoms with Crippen molar-refractivity contribution in [3.8, 4) is 0 Å². The van der Waals surface area contributed by atoms with Gasteiger partial charge in [-0.1, -0.05) is 37.3 Å². The van der Waals surface area contributed by atoms with Gasteiger partial charge in [0.05, 0.1) is 0 Å². The second kappa shape index (κ2) is 9.20. The van der Waals surface area contributed by atoms with Crippen LogP contribution in [0.15, 0.2) is 30.3 Å². The van der Waals surface area contributed by atoms with E-state index in [-0.39, 0.29) is 17.7 Å². The van der Waals surface area contributed by atoms with E-state index in [9.17, 15) is 9.59 Å². The molecule has 1 N–H and O–H groups in total. The zero-order valence-electron chi connectivity index (χ0n) is 16.0. The molecule has 1 saturated carbocycles. The first kappa shape index (κ1) is 18.9. The smallest absolute Gasteiger partial charge is 0.225 e. The molecule has 0 spiro atoms. The van der Waals surface area contributed by atoms with Crippen LogP contribution in [0.5, 0.6) is 0 Å². The molecule has 1 saturated heterocycles. The molecule has 1 heterocycles. The minimum atomic E-state index is 0.0788. The van der Waals surface area contributed by atoms with Gasteiger partial charge in [0.25, 0.3) is 0 Å². The van der Waals surface area contributed by atoms with Gasteiger partial charge in [-0.05, 0) is 56.4 Å². The molecule has 0 aromatic heterocycles. The zero-order valence-corrected chi connectivity index (χ0v) is 16.0. The second-order valence-corrected chi connectivity index (χ2v) is 8.11. The highest BCUT2D eigenvalue weighted by atomic mass is 16.2. The fourth-order valence-electron chi connectivity index (χ4n) is 4.37. The monoisotopic (exact) mass is 356 g/mol. The summed E-state index contributed by atoms with van der Waals surface area (Å²) in [5, 5.41) is 3.08. The minimum absolute atomic E-state index is 0.0788. The molecule has 4 nitrogen and oxygen atoms in total. The lowest BCUT2D eigenvalue weighted by Crippen LogP contribution is -2.44. The molecule has 142 valence electrons. The summed E-state index contributed by atoms with van der Waals surface area (Å²) in [5.41, 5.74) is 1.25. The molecule has 1 aliphatic heterocycles. The molecule has 0 radical (unpaired) electrons. The topological polar surface area (TPSA) is 49.4 Å². The van der Waals surface area contributed by atoms with Gasteiger partial charge in [-0.25, -0.2) is 0 Å². The van der Waals surface area contributed by atoms with Gasteiger partial charge in [0, 0.05) is 31.5 Å². The van der Waals surface area contributed by atoms with Crippen LogP contribution >= 0.6 is 0 Å². The van der Waals surface area contributed by atoms with Crippen molar-refractivity contribution in [3.05, 3.63) is 35.9 Å². The fraction of sp³-hybridized carbons (Fsp3) is 0.636. The van der Waals surface area contributed by atoms with Crippen LogP contribution in [-0.4, -0.2) is 36.3 Å². The number of likely N-dealkylation sites (tertiary alicyclic amines) is 1. The molecule has 26 heavy (non-hydrogen) atoms. The van der Waals surface area contributed by atoms with Gasteiger partial charge in [0.2, 0.25) is 11.8 Å². The minimum Gasteiger partial charge on any atom is -0.356 e. The number of hydrogen-bond acceptors (Lipinski definition) is 2.